The summed E-state index contributed by atoms with van der Waals surface area (Å²) in [6.07, 6.45) is 1.35. The second kappa shape index (κ2) is 4.80. The van der Waals surface area contributed by atoms with Gasteiger partial charge in [0.2, 0.25) is 0 Å². The van der Waals surface area contributed by atoms with Crippen LogP contribution in [0.2, 0.25) is 0 Å². The van der Waals surface area contributed by atoms with Gasteiger partial charge in [-0.25, -0.2) is 4.79 Å². The van der Waals surface area contributed by atoms with Gasteiger partial charge in [0.05, 0.1) is 6.61 Å². The zero-order valence-corrected chi connectivity index (χ0v) is 8.42. The van der Waals surface area contributed by atoms with Crippen molar-refractivity contribution >= 4 is 11.8 Å². The average molecular weight is 184 g/mol. The van der Waals surface area contributed by atoms with Gasteiger partial charge in [0.1, 0.15) is 5.78 Å². The SMILES string of the molecule is C=CC(=O)OCCC(=O)C(C)(C)C. The van der Waals surface area contributed by atoms with Crippen molar-refractivity contribution in [3.63, 3.8) is 0 Å². The van der Waals surface area contributed by atoms with Gasteiger partial charge < -0.3 is 4.74 Å². The molecule has 0 bridgehead atoms. The van der Waals surface area contributed by atoms with Crippen LogP contribution in [0.25, 0.3) is 0 Å². The number of rotatable bonds is 4. The molecule has 0 aromatic heterocycles. The lowest BCUT2D eigenvalue weighted by molar-refractivity contribution is -0.139. The number of ether oxygens (including phenoxy) is 1. The number of hydrogen-bond acceptors (Lipinski definition) is 3. The minimum Gasteiger partial charge on any atom is -0.462 e. The van der Waals surface area contributed by atoms with Crippen LogP contribution in [-0.4, -0.2) is 18.4 Å². The fourth-order valence-electron chi connectivity index (χ4n) is 0.678. The van der Waals surface area contributed by atoms with Crippen molar-refractivity contribution in [1.29, 1.82) is 0 Å². The lowest BCUT2D eigenvalue weighted by Crippen LogP contribution is -2.21. The minimum absolute atomic E-state index is 0.0874. The van der Waals surface area contributed by atoms with E-state index < -0.39 is 5.97 Å². The van der Waals surface area contributed by atoms with E-state index in [0.717, 1.165) is 6.08 Å². The van der Waals surface area contributed by atoms with E-state index in [4.69, 9.17) is 0 Å². The van der Waals surface area contributed by atoms with Crippen molar-refractivity contribution < 1.29 is 14.3 Å². The highest BCUT2D eigenvalue weighted by molar-refractivity contribution is 5.84. The monoisotopic (exact) mass is 184 g/mol. The lowest BCUT2D eigenvalue weighted by Gasteiger charge is -2.15. The average Bonchev–Trinajstić information content (AvgIpc) is 2.02. The Hall–Kier alpha value is -1.12. The maximum absolute atomic E-state index is 11.3. The summed E-state index contributed by atoms with van der Waals surface area (Å²) in [6.45, 7) is 8.90. The van der Waals surface area contributed by atoms with E-state index >= 15 is 0 Å². The first-order valence-corrected chi connectivity index (χ1v) is 4.20. The lowest BCUT2D eigenvalue weighted by atomic mass is 9.89. The summed E-state index contributed by atoms with van der Waals surface area (Å²) in [6, 6.07) is 0. The molecule has 3 heteroatoms. The highest BCUT2D eigenvalue weighted by Gasteiger charge is 2.20. The van der Waals surface area contributed by atoms with Gasteiger partial charge in [-0.1, -0.05) is 27.4 Å². The highest BCUT2D eigenvalue weighted by atomic mass is 16.5. The Bertz CT molecular complexity index is 211. The normalized spacial score (nSPS) is 10.7. The van der Waals surface area contributed by atoms with Crippen molar-refractivity contribution in [2.24, 2.45) is 5.41 Å². The predicted molar refractivity (Wildman–Crippen MR) is 50.2 cm³/mol. The van der Waals surface area contributed by atoms with Crippen molar-refractivity contribution in [1.82, 2.24) is 0 Å². The third-order valence-corrected chi connectivity index (χ3v) is 1.58. The van der Waals surface area contributed by atoms with Crippen LogP contribution in [0.15, 0.2) is 12.7 Å². The van der Waals surface area contributed by atoms with Crippen LogP contribution >= 0.6 is 0 Å². The topological polar surface area (TPSA) is 43.4 Å². The Morgan fingerprint density at radius 2 is 1.92 bits per heavy atom. The molecule has 0 spiro atoms. The molecule has 0 aliphatic carbocycles. The van der Waals surface area contributed by atoms with E-state index in [-0.39, 0.29) is 24.2 Å². The first-order valence-electron chi connectivity index (χ1n) is 4.20. The molecule has 0 heterocycles. The van der Waals surface area contributed by atoms with Gasteiger partial charge in [0.15, 0.2) is 0 Å². The molecule has 0 aliphatic rings. The van der Waals surface area contributed by atoms with Crippen LogP contribution in [0.3, 0.4) is 0 Å². The molecule has 0 amide bonds. The van der Waals surface area contributed by atoms with Crippen molar-refractivity contribution in [3.8, 4) is 0 Å². The Kier molecular flexibility index (Phi) is 4.38. The standard InChI is InChI=1S/C10H16O3/c1-5-9(12)13-7-6-8(11)10(2,3)4/h5H,1,6-7H2,2-4H3. The summed E-state index contributed by atoms with van der Waals surface area (Å²) in [5, 5.41) is 0. The molecule has 0 aromatic rings. The Labute approximate surface area is 78.8 Å². The number of carbonyl (C=O) groups is 2. The van der Waals surface area contributed by atoms with E-state index in [1.54, 1.807) is 0 Å². The molecule has 13 heavy (non-hydrogen) atoms. The molecule has 0 saturated heterocycles. The molecule has 0 atom stereocenters. The molecular weight excluding hydrogens is 168 g/mol. The minimum atomic E-state index is -0.485. The summed E-state index contributed by atoms with van der Waals surface area (Å²) in [5.74, 6) is -0.397. The van der Waals surface area contributed by atoms with Gasteiger partial charge in [-0.3, -0.25) is 4.79 Å². The zero-order valence-electron chi connectivity index (χ0n) is 8.42. The van der Waals surface area contributed by atoms with E-state index in [1.165, 1.54) is 0 Å². The van der Waals surface area contributed by atoms with Crippen LogP contribution in [0, 0.1) is 5.41 Å². The molecule has 0 aromatic carbocycles. The van der Waals surface area contributed by atoms with E-state index in [1.807, 2.05) is 20.8 Å². The number of Topliss-reactive ketones (excluding diaryl/α,β-unsaturated/α-hetero) is 1. The summed E-state index contributed by atoms with van der Waals surface area (Å²) >= 11 is 0. The van der Waals surface area contributed by atoms with Crippen LogP contribution in [0.4, 0.5) is 0 Å². The second-order valence-corrected chi connectivity index (χ2v) is 3.79. The van der Waals surface area contributed by atoms with E-state index in [2.05, 4.69) is 11.3 Å². The van der Waals surface area contributed by atoms with Gasteiger partial charge >= 0.3 is 5.97 Å². The van der Waals surface area contributed by atoms with Gasteiger partial charge in [0.25, 0.3) is 0 Å². The van der Waals surface area contributed by atoms with Crippen LogP contribution in [0.5, 0.6) is 0 Å². The quantitative estimate of drug-likeness (QED) is 0.493. The maximum Gasteiger partial charge on any atom is 0.330 e. The number of ketones is 1. The van der Waals surface area contributed by atoms with Crippen molar-refractivity contribution in [3.05, 3.63) is 12.7 Å². The first-order chi connectivity index (χ1) is 5.88. The first kappa shape index (κ1) is 11.9. The summed E-state index contributed by atoms with van der Waals surface area (Å²) in [5.41, 5.74) is -0.361. The molecule has 0 fully saturated rings. The van der Waals surface area contributed by atoms with Gasteiger partial charge in [-0.05, 0) is 0 Å². The Morgan fingerprint density at radius 3 is 2.31 bits per heavy atom. The van der Waals surface area contributed by atoms with Crippen molar-refractivity contribution in [2.45, 2.75) is 27.2 Å². The molecule has 0 radical (unpaired) electrons. The van der Waals surface area contributed by atoms with E-state index in [0.29, 0.717) is 0 Å². The summed E-state index contributed by atoms with van der Waals surface area (Å²) < 4.78 is 4.68. The van der Waals surface area contributed by atoms with Gasteiger partial charge in [0, 0.05) is 17.9 Å². The molecule has 0 rings (SSSR count). The molecule has 0 aliphatic heterocycles. The molecule has 0 saturated carbocycles. The fraction of sp³-hybridized carbons (Fsp3) is 0.600. The number of esters is 1. The van der Waals surface area contributed by atoms with E-state index in [9.17, 15) is 9.59 Å². The molecule has 3 nitrogen and oxygen atoms in total. The predicted octanol–water partition coefficient (Wildman–Crippen LogP) is 1.72. The summed E-state index contributed by atoms with van der Waals surface area (Å²) in [7, 11) is 0. The summed E-state index contributed by atoms with van der Waals surface area (Å²) in [4.78, 5) is 21.9. The number of hydrogen-bond donors (Lipinski definition) is 0. The third kappa shape index (κ3) is 5.17. The van der Waals surface area contributed by atoms with Crippen LogP contribution in [0.1, 0.15) is 27.2 Å². The Balaban J connectivity index is 3.73. The molecule has 0 unspecified atom stereocenters. The van der Waals surface area contributed by atoms with Crippen molar-refractivity contribution in [2.75, 3.05) is 6.61 Å². The van der Waals surface area contributed by atoms with Gasteiger partial charge in [-0.15, -0.1) is 0 Å². The molecule has 74 valence electrons. The highest BCUT2D eigenvalue weighted by Crippen LogP contribution is 2.16. The van der Waals surface area contributed by atoms with Crippen LogP contribution in [-0.2, 0) is 14.3 Å². The molecule has 0 N–H and O–H groups in total. The van der Waals surface area contributed by atoms with Gasteiger partial charge in [-0.2, -0.15) is 0 Å². The maximum atomic E-state index is 11.3. The Morgan fingerprint density at radius 1 is 1.38 bits per heavy atom. The van der Waals surface area contributed by atoms with Crippen LogP contribution < -0.4 is 0 Å². The second-order valence-electron chi connectivity index (χ2n) is 3.79. The zero-order chi connectivity index (χ0) is 10.5. The molecular formula is C10H16O3. The third-order valence-electron chi connectivity index (χ3n) is 1.58. The smallest absolute Gasteiger partial charge is 0.330 e. The largest absolute Gasteiger partial charge is 0.462 e. The number of carbonyl (C=O) groups excluding carboxylic acids is 2. The fourth-order valence-corrected chi connectivity index (χ4v) is 0.678.